The van der Waals surface area contributed by atoms with Gasteiger partial charge in [0.05, 0.1) is 13.2 Å². The molecule has 0 aliphatic rings. The Bertz CT molecular complexity index is 233. The third-order valence-corrected chi connectivity index (χ3v) is 0.851. The number of ether oxygens (including phenoxy) is 2. The van der Waals surface area contributed by atoms with Crippen LogP contribution in [0.15, 0.2) is 0 Å². The molecule has 10 heteroatoms. The molecule has 4 N–H and O–H groups in total. The summed E-state index contributed by atoms with van der Waals surface area (Å²) in [6, 6.07) is 0. The number of nitrogens with one attached hydrogen (secondary N) is 2. The Morgan fingerprint density at radius 2 is 1.69 bits per heavy atom. The van der Waals surface area contributed by atoms with Gasteiger partial charge in [-0.2, -0.15) is 0 Å². The molecule has 0 aromatic rings. The fraction of sp³-hybridized carbons (Fsp3) is 0.667. The van der Waals surface area contributed by atoms with Crippen LogP contribution in [0.1, 0.15) is 13.8 Å². The van der Waals surface area contributed by atoms with Crippen LogP contribution >= 0.6 is 0 Å². The van der Waals surface area contributed by atoms with Crippen molar-refractivity contribution in [2.45, 2.75) is 13.8 Å². The normalized spacial score (nSPS) is 7.94. The van der Waals surface area contributed by atoms with Gasteiger partial charge in [0, 0.05) is 0 Å². The van der Waals surface area contributed by atoms with E-state index in [4.69, 9.17) is 0 Å². The highest BCUT2D eigenvalue weighted by Crippen LogP contribution is 1.73. The lowest BCUT2D eigenvalue weighted by Crippen LogP contribution is -2.30. The number of nitrogens with zero attached hydrogens (tertiary/aromatic N) is 1. The Labute approximate surface area is 91.2 Å². The van der Waals surface area contributed by atoms with Crippen molar-refractivity contribution in [1.29, 1.82) is 0 Å². The van der Waals surface area contributed by atoms with E-state index in [9.17, 15) is 19.7 Å². The molecule has 0 atom stereocenters. The second kappa shape index (κ2) is 11.0. The van der Waals surface area contributed by atoms with Gasteiger partial charge in [-0.1, -0.05) is 0 Å². The van der Waals surface area contributed by atoms with E-state index in [0.717, 1.165) is 0 Å². The zero-order valence-electron chi connectivity index (χ0n) is 8.89. The SMILES string of the molecule is CCOC(=O)NN.CCOC(=O)N[N+](=O)[O-]. The van der Waals surface area contributed by atoms with Crippen LogP contribution in [0.4, 0.5) is 9.59 Å². The fourth-order valence-electron chi connectivity index (χ4n) is 0.411. The number of hydrazine groups is 2. The molecule has 0 aliphatic heterocycles. The van der Waals surface area contributed by atoms with Crippen LogP contribution in [-0.2, 0) is 9.47 Å². The number of nitro groups is 1. The van der Waals surface area contributed by atoms with E-state index in [1.807, 2.05) is 0 Å². The molecule has 0 saturated carbocycles. The number of amides is 2. The standard InChI is InChI=1S/C3H6N2O4.C3H8N2O2/c1-2-9-3(6)4-5(7)8;1-2-7-3(6)5-4/h2H2,1H3,(H,4,6);2,4H2,1H3,(H,5,6). The van der Waals surface area contributed by atoms with Crippen LogP contribution in [-0.4, -0.2) is 30.4 Å². The highest BCUT2D eigenvalue weighted by atomic mass is 16.7. The van der Waals surface area contributed by atoms with E-state index in [1.54, 1.807) is 19.3 Å². The summed E-state index contributed by atoms with van der Waals surface area (Å²) in [5.41, 5.74) is 3.11. The van der Waals surface area contributed by atoms with Gasteiger partial charge < -0.3 is 9.47 Å². The minimum atomic E-state index is -1.04. The first-order chi connectivity index (χ1) is 7.47. The van der Waals surface area contributed by atoms with Crippen LogP contribution in [0.3, 0.4) is 0 Å². The zero-order valence-corrected chi connectivity index (χ0v) is 8.89. The Hall–Kier alpha value is -2.10. The fourth-order valence-corrected chi connectivity index (χ4v) is 0.411. The Kier molecular flexibility index (Phi) is 11.2. The Morgan fingerprint density at radius 1 is 1.25 bits per heavy atom. The summed E-state index contributed by atoms with van der Waals surface area (Å²) in [7, 11) is 0. The number of carbonyl (C=O) groups is 2. The van der Waals surface area contributed by atoms with Gasteiger partial charge in [0.1, 0.15) is 0 Å². The molecule has 0 heterocycles. The topological polar surface area (TPSA) is 146 Å². The highest BCUT2D eigenvalue weighted by molar-refractivity contribution is 5.66. The number of rotatable bonds is 3. The smallest absolute Gasteiger partial charge is 0.449 e. The molecule has 0 radical (unpaired) electrons. The predicted octanol–water partition coefficient (Wildman–Crippen LogP) is -0.470. The summed E-state index contributed by atoms with van der Waals surface area (Å²) >= 11 is 0. The van der Waals surface area contributed by atoms with Gasteiger partial charge in [-0.15, -0.1) is 0 Å². The summed E-state index contributed by atoms with van der Waals surface area (Å²) in [6.07, 6.45) is -1.63. The summed E-state index contributed by atoms with van der Waals surface area (Å²) in [4.78, 5) is 29.5. The maximum atomic E-state index is 10.1. The predicted molar refractivity (Wildman–Crippen MR) is 51.5 cm³/mol. The second-order valence-electron chi connectivity index (χ2n) is 1.95. The molecule has 2 amide bonds. The minimum absolute atomic E-state index is 0.125. The third-order valence-electron chi connectivity index (χ3n) is 0.851. The monoisotopic (exact) mass is 238 g/mol. The first-order valence-corrected chi connectivity index (χ1v) is 4.19. The Balaban J connectivity index is 0. The average Bonchev–Trinajstić information content (AvgIpc) is 2.18. The van der Waals surface area contributed by atoms with E-state index in [2.05, 4.69) is 15.3 Å². The quantitative estimate of drug-likeness (QED) is 0.260. The molecular formula is C6H14N4O6. The van der Waals surface area contributed by atoms with Crippen LogP contribution in [0.25, 0.3) is 0 Å². The lowest BCUT2D eigenvalue weighted by atomic mass is 10.9. The van der Waals surface area contributed by atoms with E-state index in [0.29, 0.717) is 6.61 Å². The van der Waals surface area contributed by atoms with Crippen molar-refractivity contribution in [2.24, 2.45) is 5.84 Å². The van der Waals surface area contributed by atoms with Crippen molar-refractivity contribution in [1.82, 2.24) is 10.9 Å². The molecule has 0 spiro atoms. The van der Waals surface area contributed by atoms with Gasteiger partial charge in [0.15, 0.2) is 5.03 Å². The summed E-state index contributed by atoms with van der Waals surface area (Å²) in [6.45, 7) is 3.73. The largest absolute Gasteiger partial charge is 0.465 e. The van der Waals surface area contributed by atoms with Gasteiger partial charge in [-0.3, -0.25) is 5.43 Å². The van der Waals surface area contributed by atoms with E-state index in [-0.39, 0.29) is 6.61 Å². The van der Waals surface area contributed by atoms with E-state index in [1.165, 1.54) is 5.43 Å². The molecule has 0 saturated heterocycles. The van der Waals surface area contributed by atoms with Gasteiger partial charge in [0.2, 0.25) is 0 Å². The third kappa shape index (κ3) is 14.4. The molecule has 16 heavy (non-hydrogen) atoms. The Morgan fingerprint density at radius 3 is 1.94 bits per heavy atom. The van der Waals surface area contributed by atoms with Gasteiger partial charge >= 0.3 is 12.2 Å². The number of hydrogen-bond donors (Lipinski definition) is 3. The van der Waals surface area contributed by atoms with Crippen molar-refractivity contribution in [3.8, 4) is 0 Å². The van der Waals surface area contributed by atoms with Crippen molar-refractivity contribution in [3.63, 3.8) is 0 Å². The molecule has 0 fully saturated rings. The van der Waals surface area contributed by atoms with Gasteiger partial charge in [0.25, 0.3) is 0 Å². The minimum Gasteiger partial charge on any atom is -0.449 e. The number of carbonyl (C=O) groups excluding carboxylic acids is 2. The number of hydrogen-bond acceptors (Lipinski definition) is 7. The van der Waals surface area contributed by atoms with E-state index >= 15 is 0 Å². The van der Waals surface area contributed by atoms with Crippen molar-refractivity contribution in [3.05, 3.63) is 10.1 Å². The summed E-state index contributed by atoms with van der Waals surface area (Å²) < 4.78 is 8.48. The molecule has 10 nitrogen and oxygen atoms in total. The van der Waals surface area contributed by atoms with E-state index < -0.39 is 17.2 Å². The van der Waals surface area contributed by atoms with Crippen LogP contribution < -0.4 is 16.7 Å². The molecule has 0 unspecified atom stereocenters. The van der Waals surface area contributed by atoms with Crippen LogP contribution in [0, 0.1) is 10.1 Å². The molecule has 0 aliphatic carbocycles. The molecule has 0 aromatic carbocycles. The zero-order chi connectivity index (χ0) is 13.0. The van der Waals surface area contributed by atoms with Crippen LogP contribution in [0.2, 0.25) is 0 Å². The van der Waals surface area contributed by atoms with Crippen molar-refractivity contribution >= 4 is 12.2 Å². The molecule has 0 rings (SSSR count). The average molecular weight is 238 g/mol. The lowest BCUT2D eigenvalue weighted by Gasteiger charge is -1.95. The highest BCUT2D eigenvalue weighted by Gasteiger charge is 2.04. The second-order valence-corrected chi connectivity index (χ2v) is 1.95. The maximum absolute atomic E-state index is 10.1. The van der Waals surface area contributed by atoms with Gasteiger partial charge in [-0.05, 0) is 19.3 Å². The molecular weight excluding hydrogens is 224 g/mol. The van der Waals surface area contributed by atoms with Crippen molar-refractivity contribution < 1.29 is 24.1 Å². The maximum Gasteiger partial charge on any atom is 0.465 e. The molecule has 94 valence electrons. The van der Waals surface area contributed by atoms with Crippen molar-refractivity contribution in [2.75, 3.05) is 13.2 Å². The number of nitrogens with two attached hydrogens (primary N) is 1. The molecule has 0 aromatic heterocycles. The summed E-state index contributed by atoms with van der Waals surface area (Å²) in [5, 5.41) is 8.50. The van der Waals surface area contributed by atoms with Gasteiger partial charge in [-0.25, -0.2) is 25.5 Å². The first kappa shape index (κ1) is 16.3. The first-order valence-electron chi connectivity index (χ1n) is 4.19. The summed E-state index contributed by atoms with van der Waals surface area (Å²) in [5.74, 6) is 4.63. The lowest BCUT2D eigenvalue weighted by molar-refractivity contribution is -0.530. The van der Waals surface area contributed by atoms with Crippen LogP contribution in [0.5, 0.6) is 0 Å². The molecule has 0 bridgehead atoms.